The van der Waals surface area contributed by atoms with Crippen molar-refractivity contribution < 1.29 is 5.11 Å². The first-order valence-electron chi connectivity index (χ1n) is 5.65. The number of rotatable bonds is 6. The summed E-state index contributed by atoms with van der Waals surface area (Å²) in [5, 5.41) is 8.69. The molecule has 0 spiro atoms. The van der Waals surface area contributed by atoms with Gasteiger partial charge < -0.3 is 5.11 Å². The fourth-order valence-electron chi connectivity index (χ4n) is 1.26. The normalized spacial score (nSPS) is 14.3. The van der Waals surface area contributed by atoms with Crippen molar-refractivity contribution in [3.8, 4) is 0 Å². The van der Waals surface area contributed by atoms with Gasteiger partial charge in [-0.15, -0.1) is 0 Å². The van der Waals surface area contributed by atoms with Gasteiger partial charge in [-0.05, 0) is 39.5 Å². The quantitative estimate of drug-likeness (QED) is 0.519. The second-order valence-corrected chi connectivity index (χ2v) is 4.33. The first-order chi connectivity index (χ1) is 7.06. The van der Waals surface area contributed by atoms with Gasteiger partial charge in [-0.3, -0.25) is 0 Å². The fraction of sp³-hybridized carbons (Fsp3) is 0.571. The molecule has 0 heterocycles. The van der Waals surface area contributed by atoms with Crippen molar-refractivity contribution in [2.45, 2.75) is 40.5 Å². The van der Waals surface area contributed by atoms with Crippen LogP contribution < -0.4 is 0 Å². The molecule has 0 aliphatic carbocycles. The average molecular weight is 208 g/mol. The molecular formula is C14H24O. The summed E-state index contributed by atoms with van der Waals surface area (Å²) in [6.07, 6.45) is 10.7. The van der Waals surface area contributed by atoms with Crippen molar-refractivity contribution in [3.05, 3.63) is 35.5 Å². The van der Waals surface area contributed by atoms with Gasteiger partial charge in [-0.2, -0.15) is 0 Å². The molecule has 0 rings (SSSR count). The van der Waals surface area contributed by atoms with Gasteiger partial charge in [0.25, 0.3) is 0 Å². The van der Waals surface area contributed by atoms with Crippen LogP contribution in [0.4, 0.5) is 0 Å². The zero-order chi connectivity index (χ0) is 11.7. The van der Waals surface area contributed by atoms with Crippen LogP contribution in [0, 0.1) is 5.92 Å². The van der Waals surface area contributed by atoms with Crippen molar-refractivity contribution in [1.29, 1.82) is 0 Å². The topological polar surface area (TPSA) is 20.2 Å². The van der Waals surface area contributed by atoms with Crippen molar-refractivity contribution in [3.63, 3.8) is 0 Å². The Hall–Kier alpha value is -0.820. The standard InChI is InChI=1S/C14H24O/c1-12(2)6-5-7-13(3)8-9-14(4)10-11-15/h6,8-10,13,15H,5,7,11H2,1-4H3/b9-8+,14-10+. The van der Waals surface area contributed by atoms with Crippen molar-refractivity contribution in [2.75, 3.05) is 6.61 Å². The van der Waals surface area contributed by atoms with Crippen LogP contribution in [0.3, 0.4) is 0 Å². The lowest BCUT2D eigenvalue weighted by Gasteiger charge is -2.03. The van der Waals surface area contributed by atoms with Crippen LogP contribution >= 0.6 is 0 Å². The predicted octanol–water partition coefficient (Wildman–Crippen LogP) is 3.86. The van der Waals surface area contributed by atoms with Crippen molar-refractivity contribution in [1.82, 2.24) is 0 Å². The first-order valence-corrected chi connectivity index (χ1v) is 5.65. The Kier molecular flexibility index (Phi) is 8.02. The lowest BCUT2D eigenvalue weighted by molar-refractivity contribution is 0.342. The molecule has 0 fully saturated rings. The number of aliphatic hydroxyl groups is 1. The summed E-state index contributed by atoms with van der Waals surface area (Å²) in [6.45, 7) is 8.63. The molecule has 1 nitrogen and oxygen atoms in total. The van der Waals surface area contributed by atoms with E-state index in [0.717, 1.165) is 12.0 Å². The molecule has 0 amide bonds. The molecule has 1 N–H and O–H groups in total. The van der Waals surface area contributed by atoms with Crippen molar-refractivity contribution in [2.24, 2.45) is 5.92 Å². The van der Waals surface area contributed by atoms with E-state index in [9.17, 15) is 0 Å². The third-order valence-corrected chi connectivity index (χ3v) is 2.28. The Bertz CT molecular complexity index is 242. The highest BCUT2D eigenvalue weighted by atomic mass is 16.2. The van der Waals surface area contributed by atoms with Gasteiger partial charge in [0.15, 0.2) is 0 Å². The van der Waals surface area contributed by atoms with Gasteiger partial charge in [-0.25, -0.2) is 0 Å². The van der Waals surface area contributed by atoms with E-state index in [1.165, 1.54) is 12.0 Å². The maximum Gasteiger partial charge on any atom is 0.0617 e. The summed E-state index contributed by atoms with van der Waals surface area (Å²) in [4.78, 5) is 0. The minimum Gasteiger partial charge on any atom is -0.392 e. The molecule has 0 aromatic heterocycles. The van der Waals surface area contributed by atoms with Gasteiger partial charge in [-0.1, -0.05) is 42.4 Å². The Morgan fingerprint density at radius 2 is 1.87 bits per heavy atom. The molecule has 0 aliphatic rings. The van der Waals surface area contributed by atoms with Crippen LogP contribution in [0.15, 0.2) is 35.5 Å². The molecule has 0 aromatic carbocycles. The largest absolute Gasteiger partial charge is 0.392 e. The molecule has 1 unspecified atom stereocenters. The zero-order valence-electron chi connectivity index (χ0n) is 10.5. The summed E-state index contributed by atoms with van der Waals surface area (Å²) in [7, 11) is 0. The van der Waals surface area contributed by atoms with Gasteiger partial charge in [0, 0.05) is 0 Å². The summed E-state index contributed by atoms with van der Waals surface area (Å²) >= 11 is 0. The first kappa shape index (κ1) is 14.2. The highest BCUT2D eigenvalue weighted by Gasteiger charge is 1.94. The number of hydrogen-bond donors (Lipinski definition) is 1. The minimum atomic E-state index is 0.127. The lowest BCUT2D eigenvalue weighted by Crippen LogP contribution is -1.88. The van der Waals surface area contributed by atoms with Gasteiger partial charge in [0.2, 0.25) is 0 Å². The highest BCUT2D eigenvalue weighted by molar-refractivity contribution is 5.16. The number of hydrogen-bond acceptors (Lipinski definition) is 1. The van der Waals surface area contributed by atoms with Crippen LogP contribution in [-0.4, -0.2) is 11.7 Å². The highest BCUT2D eigenvalue weighted by Crippen LogP contribution is 2.10. The maximum absolute atomic E-state index is 8.69. The van der Waals surface area contributed by atoms with Crippen LogP contribution in [0.2, 0.25) is 0 Å². The van der Waals surface area contributed by atoms with Crippen molar-refractivity contribution >= 4 is 0 Å². The van der Waals surface area contributed by atoms with Gasteiger partial charge in [0.05, 0.1) is 6.61 Å². The van der Waals surface area contributed by atoms with E-state index in [4.69, 9.17) is 5.11 Å². The molecule has 0 aliphatic heterocycles. The molecule has 0 aromatic rings. The predicted molar refractivity (Wildman–Crippen MR) is 67.8 cm³/mol. The summed E-state index contributed by atoms with van der Waals surface area (Å²) in [5.74, 6) is 0.600. The van der Waals surface area contributed by atoms with E-state index < -0.39 is 0 Å². The molecule has 1 heteroatoms. The van der Waals surface area contributed by atoms with Crippen LogP contribution in [-0.2, 0) is 0 Å². The third kappa shape index (κ3) is 9.48. The Balaban J connectivity index is 3.88. The average Bonchev–Trinajstić information content (AvgIpc) is 2.14. The fourth-order valence-corrected chi connectivity index (χ4v) is 1.26. The van der Waals surface area contributed by atoms with E-state index in [-0.39, 0.29) is 6.61 Å². The molecule has 86 valence electrons. The van der Waals surface area contributed by atoms with Gasteiger partial charge >= 0.3 is 0 Å². The van der Waals surface area contributed by atoms with E-state index in [0.29, 0.717) is 5.92 Å². The second-order valence-electron chi connectivity index (χ2n) is 4.33. The van der Waals surface area contributed by atoms with Crippen LogP contribution in [0.5, 0.6) is 0 Å². The monoisotopic (exact) mass is 208 g/mol. The summed E-state index contributed by atoms with van der Waals surface area (Å²) in [5.41, 5.74) is 2.52. The maximum atomic E-state index is 8.69. The molecule has 0 saturated carbocycles. The zero-order valence-corrected chi connectivity index (χ0v) is 10.5. The van der Waals surface area contributed by atoms with Crippen LogP contribution in [0.25, 0.3) is 0 Å². The SMILES string of the molecule is CC(C)=CCCC(C)/C=C/C(C)=C/CO. The summed E-state index contributed by atoms with van der Waals surface area (Å²) in [6, 6.07) is 0. The third-order valence-electron chi connectivity index (χ3n) is 2.28. The number of allylic oxidation sites excluding steroid dienone is 5. The molecular weight excluding hydrogens is 184 g/mol. The van der Waals surface area contributed by atoms with Gasteiger partial charge in [0.1, 0.15) is 0 Å². The molecule has 1 atom stereocenters. The molecule has 0 saturated heterocycles. The van der Waals surface area contributed by atoms with E-state index >= 15 is 0 Å². The second kappa shape index (κ2) is 8.49. The molecule has 15 heavy (non-hydrogen) atoms. The van der Waals surface area contributed by atoms with E-state index in [1.54, 1.807) is 0 Å². The Morgan fingerprint density at radius 1 is 1.20 bits per heavy atom. The van der Waals surface area contributed by atoms with E-state index in [1.807, 2.05) is 13.0 Å². The Labute approximate surface area is 94.2 Å². The van der Waals surface area contributed by atoms with E-state index in [2.05, 4.69) is 39.0 Å². The summed E-state index contributed by atoms with van der Waals surface area (Å²) < 4.78 is 0. The smallest absolute Gasteiger partial charge is 0.0617 e. The molecule has 0 bridgehead atoms. The molecule has 0 radical (unpaired) electrons. The van der Waals surface area contributed by atoms with Crippen LogP contribution in [0.1, 0.15) is 40.5 Å². The Morgan fingerprint density at radius 3 is 2.40 bits per heavy atom. The number of aliphatic hydroxyl groups excluding tert-OH is 1. The minimum absolute atomic E-state index is 0.127. The lowest BCUT2D eigenvalue weighted by atomic mass is 10.0.